The number of benzene rings is 1. The van der Waals surface area contributed by atoms with Gasteiger partial charge in [-0.05, 0) is 79.6 Å². The molecule has 1 aromatic heterocycles. The zero-order valence-electron chi connectivity index (χ0n) is 22.9. The predicted octanol–water partition coefficient (Wildman–Crippen LogP) is 4.74. The first-order chi connectivity index (χ1) is 19.3. The summed E-state index contributed by atoms with van der Waals surface area (Å²) in [5, 5.41) is 14.4. The molecule has 5 rings (SSSR count). The molecule has 2 fully saturated rings. The van der Waals surface area contributed by atoms with Crippen LogP contribution >= 0.6 is 9.24 Å². The van der Waals surface area contributed by atoms with Crippen molar-refractivity contribution in [2.45, 2.75) is 76.0 Å². The largest absolute Gasteiger partial charge is 0.480 e. The normalized spacial score (nSPS) is 22.2. The number of hydrogen-bond donors (Lipinski definition) is 2. The fraction of sp³-hybridized carbons (Fsp3) is 0.600. The first-order valence-electron chi connectivity index (χ1n) is 14.5. The summed E-state index contributed by atoms with van der Waals surface area (Å²) in [5.41, 5.74) is 3.55. The van der Waals surface area contributed by atoms with Crippen molar-refractivity contribution in [3.63, 3.8) is 0 Å². The Kier molecular flexibility index (Phi) is 9.67. The number of halogens is 2. The van der Waals surface area contributed by atoms with Crippen molar-refractivity contribution in [1.82, 2.24) is 9.88 Å². The number of likely N-dealkylation sites (tertiary alicyclic amines) is 1. The van der Waals surface area contributed by atoms with Gasteiger partial charge in [-0.1, -0.05) is 24.3 Å². The zero-order chi connectivity index (χ0) is 28.1. The number of aliphatic carboxylic acids is 1. The molecule has 2 N–H and O–H groups in total. The van der Waals surface area contributed by atoms with Gasteiger partial charge in [-0.2, -0.15) is 0 Å². The maximum Gasteiger partial charge on any atom is 0.325 e. The molecular weight excluding hydrogens is 535 g/mol. The lowest BCUT2D eigenvalue weighted by Gasteiger charge is -2.29. The number of alkyl halides is 2. The van der Waals surface area contributed by atoms with E-state index in [1.807, 2.05) is 18.2 Å². The van der Waals surface area contributed by atoms with E-state index in [0.717, 1.165) is 48.2 Å². The van der Waals surface area contributed by atoms with E-state index < -0.39 is 23.9 Å². The number of aromatic nitrogens is 1. The van der Waals surface area contributed by atoms with Gasteiger partial charge >= 0.3 is 5.97 Å². The standard InChI is InChI=1S/C30H40F2N3O4P/c31-30(32,13-2-1-6-22-10-9-20-5-4-14-33-28(20)34-22)21-11-15-35(17-21)27(29(36)37)24-7-3-8-26(40)25(24)19-39-23-12-16-38-18-23/h3,7-10,21,23,27H,1-2,4-6,11-19,40H2,(H,33,34)(H,36,37)/t21-,23-,27?/m1/s1. The van der Waals surface area contributed by atoms with E-state index in [2.05, 4.69) is 25.6 Å². The molecule has 2 saturated heterocycles. The van der Waals surface area contributed by atoms with Gasteiger partial charge in [0.15, 0.2) is 0 Å². The number of rotatable bonds is 12. The maximum atomic E-state index is 15.3. The van der Waals surface area contributed by atoms with Gasteiger partial charge < -0.3 is 19.9 Å². The Bertz CT molecular complexity index is 1180. The molecule has 3 aliphatic rings. The van der Waals surface area contributed by atoms with Crippen LogP contribution in [0.2, 0.25) is 0 Å². The summed E-state index contributed by atoms with van der Waals surface area (Å²) in [5.74, 6) is -3.81. The summed E-state index contributed by atoms with van der Waals surface area (Å²) in [6.45, 7) is 2.74. The van der Waals surface area contributed by atoms with Crippen molar-refractivity contribution in [3.8, 4) is 0 Å². The monoisotopic (exact) mass is 575 g/mol. The van der Waals surface area contributed by atoms with Crippen LogP contribution in [-0.2, 0) is 33.7 Å². The van der Waals surface area contributed by atoms with E-state index in [-0.39, 0.29) is 32.1 Å². The van der Waals surface area contributed by atoms with E-state index >= 15 is 8.78 Å². The lowest BCUT2D eigenvalue weighted by Crippen LogP contribution is -2.36. The number of fused-ring (bicyclic) bond motifs is 1. The number of unbranched alkanes of at least 4 members (excludes halogenated alkanes) is 1. The van der Waals surface area contributed by atoms with E-state index in [0.29, 0.717) is 44.6 Å². The molecule has 2 unspecified atom stereocenters. The molecule has 1 aromatic carbocycles. The molecule has 10 heteroatoms. The summed E-state index contributed by atoms with van der Waals surface area (Å²) in [6.07, 6.45) is 4.71. The minimum absolute atomic E-state index is 0.0183. The molecule has 4 atom stereocenters. The van der Waals surface area contributed by atoms with Crippen molar-refractivity contribution < 1.29 is 28.2 Å². The Balaban J connectivity index is 1.17. The van der Waals surface area contributed by atoms with Crippen LogP contribution < -0.4 is 10.6 Å². The topological polar surface area (TPSA) is 83.9 Å². The van der Waals surface area contributed by atoms with Gasteiger partial charge in [0.2, 0.25) is 0 Å². The molecule has 0 bridgehead atoms. The second-order valence-corrected chi connectivity index (χ2v) is 11.9. The second-order valence-electron chi connectivity index (χ2n) is 11.2. The predicted molar refractivity (Wildman–Crippen MR) is 153 cm³/mol. The van der Waals surface area contributed by atoms with Crippen molar-refractivity contribution >= 4 is 26.3 Å². The van der Waals surface area contributed by atoms with E-state index in [1.165, 1.54) is 5.56 Å². The molecule has 0 spiro atoms. The third kappa shape index (κ3) is 6.99. The Labute approximate surface area is 237 Å². The van der Waals surface area contributed by atoms with Gasteiger partial charge in [0.25, 0.3) is 5.92 Å². The van der Waals surface area contributed by atoms with Crippen LogP contribution in [0.5, 0.6) is 0 Å². The molecule has 40 heavy (non-hydrogen) atoms. The third-order valence-electron chi connectivity index (χ3n) is 8.46. The third-order valence-corrected chi connectivity index (χ3v) is 9.00. The Morgan fingerprint density at radius 2 is 2.15 bits per heavy atom. The lowest BCUT2D eigenvalue weighted by atomic mass is 9.94. The van der Waals surface area contributed by atoms with Crippen LogP contribution in [0.15, 0.2) is 30.3 Å². The summed E-state index contributed by atoms with van der Waals surface area (Å²) in [4.78, 5) is 18.9. The fourth-order valence-electron chi connectivity index (χ4n) is 6.12. The molecular formula is C30H40F2N3O4P. The minimum atomic E-state index is -2.85. The number of carbonyl (C=O) groups is 1. The van der Waals surface area contributed by atoms with Crippen LogP contribution in [0.25, 0.3) is 0 Å². The molecule has 3 aliphatic heterocycles. The number of nitrogens with one attached hydrogen (secondary N) is 1. The molecule has 0 saturated carbocycles. The smallest absolute Gasteiger partial charge is 0.325 e. The quantitative estimate of drug-likeness (QED) is 0.279. The molecule has 0 amide bonds. The summed E-state index contributed by atoms with van der Waals surface area (Å²) >= 11 is 0. The van der Waals surface area contributed by atoms with Gasteiger partial charge in [-0.15, -0.1) is 9.24 Å². The first kappa shape index (κ1) is 29.3. The number of aryl methyl sites for hydroxylation is 2. The van der Waals surface area contributed by atoms with Crippen LogP contribution in [0.4, 0.5) is 14.6 Å². The Hall–Kier alpha value is -2.19. The number of anilines is 1. The average molecular weight is 576 g/mol. The average Bonchev–Trinajstić information content (AvgIpc) is 3.64. The second kappa shape index (κ2) is 13.2. The van der Waals surface area contributed by atoms with Crippen LogP contribution in [0.1, 0.15) is 67.0 Å². The van der Waals surface area contributed by atoms with Gasteiger partial charge in [-0.3, -0.25) is 9.69 Å². The highest BCUT2D eigenvalue weighted by molar-refractivity contribution is 7.27. The Morgan fingerprint density at radius 3 is 2.95 bits per heavy atom. The highest BCUT2D eigenvalue weighted by Gasteiger charge is 2.45. The number of pyridine rings is 1. The molecule has 7 nitrogen and oxygen atoms in total. The zero-order valence-corrected chi connectivity index (χ0v) is 24.1. The molecule has 218 valence electrons. The fourth-order valence-corrected chi connectivity index (χ4v) is 6.48. The van der Waals surface area contributed by atoms with E-state index in [1.54, 1.807) is 11.0 Å². The number of ether oxygens (including phenoxy) is 2. The summed E-state index contributed by atoms with van der Waals surface area (Å²) < 4.78 is 42.0. The number of hydrogen-bond acceptors (Lipinski definition) is 6. The van der Waals surface area contributed by atoms with Crippen LogP contribution in [0, 0.1) is 5.92 Å². The molecule has 0 aliphatic carbocycles. The number of nitrogens with zero attached hydrogens (tertiary/aromatic N) is 2. The van der Waals surface area contributed by atoms with Crippen LogP contribution in [-0.4, -0.2) is 65.8 Å². The SMILES string of the molecule is O=C(O)C(c1cccc(P)c1CO[C@@H]1CCOC1)N1CC[C@@H](C(F)(F)CCCCc2ccc3c(n2)NCCC3)C1. The minimum Gasteiger partial charge on any atom is -0.480 e. The van der Waals surface area contributed by atoms with Crippen LogP contribution in [0.3, 0.4) is 0 Å². The van der Waals surface area contributed by atoms with Crippen molar-refractivity contribution in [2.75, 3.05) is 38.2 Å². The van der Waals surface area contributed by atoms with Gasteiger partial charge in [0.05, 0.1) is 19.3 Å². The first-order valence-corrected chi connectivity index (χ1v) is 15.0. The molecule has 0 radical (unpaired) electrons. The van der Waals surface area contributed by atoms with Gasteiger partial charge in [0, 0.05) is 37.7 Å². The lowest BCUT2D eigenvalue weighted by molar-refractivity contribution is -0.143. The highest BCUT2D eigenvalue weighted by atomic mass is 31.0. The number of carboxylic acid groups (broad SMARTS) is 1. The van der Waals surface area contributed by atoms with E-state index in [9.17, 15) is 9.90 Å². The summed E-state index contributed by atoms with van der Waals surface area (Å²) in [6, 6.07) is 8.60. The van der Waals surface area contributed by atoms with Gasteiger partial charge in [0.1, 0.15) is 11.9 Å². The van der Waals surface area contributed by atoms with Crippen molar-refractivity contribution in [3.05, 3.63) is 52.7 Å². The van der Waals surface area contributed by atoms with E-state index in [4.69, 9.17) is 9.47 Å². The van der Waals surface area contributed by atoms with Crippen molar-refractivity contribution in [1.29, 1.82) is 0 Å². The highest BCUT2D eigenvalue weighted by Crippen LogP contribution is 2.40. The maximum absolute atomic E-state index is 15.3. The summed E-state index contributed by atoms with van der Waals surface area (Å²) in [7, 11) is 2.65. The van der Waals surface area contributed by atoms with Crippen molar-refractivity contribution in [2.24, 2.45) is 5.92 Å². The number of carboxylic acids is 1. The van der Waals surface area contributed by atoms with Gasteiger partial charge in [-0.25, -0.2) is 13.8 Å². The molecule has 4 heterocycles. The Morgan fingerprint density at radius 1 is 1.27 bits per heavy atom. The molecule has 2 aromatic rings.